The lowest BCUT2D eigenvalue weighted by atomic mass is 9.96. The molecule has 0 fully saturated rings. The number of aliphatic hydroxyl groups is 1. The van der Waals surface area contributed by atoms with Crippen LogP contribution in [-0.4, -0.2) is 31.4 Å². The summed E-state index contributed by atoms with van der Waals surface area (Å²) in [6.45, 7) is 9.65. The molecule has 0 aliphatic heterocycles. The minimum Gasteiger partial charge on any atom is -0.506 e. The fourth-order valence-corrected chi connectivity index (χ4v) is 2.81. The number of aryl methyl sites for hydroxylation is 2. The summed E-state index contributed by atoms with van der Waals surface area (Å²) in [5.41, 5.74) is 3.86. The number of terminal acetylenes is 1. The van der Waals surface area contributed by atoms with Crippen LogP contribution in [0.3, 0.4) is 0 Å². The Balaban J connectivity index is 0.00000118. The van der Waals surface area contributed by atoms with Crippen LogP contribution in [0.2, 0.25) is 0 Å². The van der Waals surface area contributed by atoms with Gasteiger partial charge in [-0.05, 0) is 81.3 Å². The van der Waals surface area contributed by atoms with Crippen LogP contribution >= 0.6 is 0 Å². The predicted molar refractivity (Wildman–Crippen MR) is 132 cm³/mol. The van der Waals surface area contributed by atoms with Crippen molar-refractivity contribution < 1.29 is 19.4 Å². The van der Waals surface area contributed by atoms with E-state index in [0.717, 1.165) is 22.4 Å². The van der Waals surface area contributed by atoms with Gasteiger partial charge < -0.3 is 19.6 Å². The summed E-state index contributed by atoms with van der Waals surface area (Å²) in [6.07, 6.45) is 9.06. The van der Waals surface area contributed by atoms with Gasteiger partial charge in [0.2, 0.25) is 0 Å². The van der Waals surface area contributed by atoms with E-state index >= 15 is 0 Å². The highest BCUT2D eigenvalue weighted by Gasteiger charge is 2.19. The second-order valence-electron chi connectivity index (χ2n) is 6.88. The average molecular weight is 434 g/mol. The molecule has 0 heterocycles. The molecular formula is C27H31NO4. The first-order valence-corrected chi connectivity index (χ1v) is 10.1. The molecule has 0 aliphatic rings. The fourth-order valence-electron chi connectivity index (χ4n) is 2.81. The molecule has 2 aromatic carbocycles. The molecule has 0 bridgehead atoms. The van der Waals surface area contributed by atoms with Gasteiger partial charge in [0.1, 0.15) is 17.3 Å². The maximum Gasteiger partial charge on any atom is 0.350 e. The predicted octanol–water partition coefficient (Wildman–Crippen LogP) is 6.30. The monoisotopic (exact) mass is 433 g/mol. The third-order valence-electron chi connectivity index (χ3n) is 4.76. The van der Waals surface area contributed by atoms with Gasteiger partial charge in [0.05, 0.1) is 7.11 Å². The van der Waals surface area contributed by atoms with Gasteiger partial charge in [0.15, 0.2) is 5.57 Å². The molecule has 2 rings (SSSR count). The van der Waals surface area contributed by atoms with Gasteiger partial charge >= 0.3 is 5.97 Å². The van der Waals surface area contributed by atoms with Gasteiger partial charge in [-0.25, -0.2) is 4.79 Å². The number of carbonyl (C=O) groups is 1. The van der Waals surface area contributed by atoms with Crippen molar-refractivity contribution in [3.8, 4) is 23.8 Å². The molecule has 5 nitrogen and oxygen atoms in total. The maximum atomic E-state index is 11.9. The molecule has 0 radical (unpaired) electrons. The summed E-state index contributed by atoms with van der Waals surface area (Å²) in [4.78, 5) is 15.5. The van der Waals surface area contributed by atoms with Crippen LogP contribution in [0.1, 0.15) is 43.0 Å². The molecule has 5 heteroatoms. The lowest BCUT2D eigenvalue weighted by molar-refractivity contribution is -0.135. The van der Waals surface area contributed by atoms with Crippen LogP contribution in [0, 0.1) is 26.2 Å². The van der Waals surface area contributed by atoms with Crippen molar-refractivity contribution in [1.82, 2.24) is 0 Å². The standard InChI is InChI=1S/C24H24O4.C3H7N/c1-7-15(3)21-14-18(28-23-16(4)10-9-11-17(23)5)12-13-20(21)22(25)19(8-2)24(26)27-6;1-3-4-2/h2,7,9-14,25H,1,3-6H3;3H,1-2H3/b15-7-,22-19-;. The van der Waals surface area contributed by atoms with Crippen molar-refractivity contribution in [2.45, 2.75) is 34.6 Å². The van der Waals surface area contributed by atoms with Crippen molar-refractivity contribution in [2.75, 3.05) is 14.2 Å². The number of para-hydroxylation sites is 1. The average Bonchev–Trinajstić information content (AvgIpc) is 2.81. The second kappa shape index (κ2) is 12.8. The number of benzene rings is 2. The van der Waals surface area contributed by atoms with E-state index in [1.54, 1.807) is 25.4 Å². The molecule has 0 atom stereocenters. The molecule has 168 valence electrons. The molecule has 0 spiro atoms. The number of allylic oxidation sites excluding steroid dienone is 2. The third-order valence-corrected chi connectivity index (χ3v) is 4.76. The zero-order valence-electron chi connectivity index (χ0n) is 19.8. The normalized spacial score (nSPS) is 11.8. The maximum absolute atomic E-state index is 11.9. The van der Waals surface area contributed by atoms with E-state index in [4.69, 9.17) is 11.2 Å². The number of esters is 1. The Kier molecular flexibility index (Phi) is 10.5. The number of methoxy groups -OCH3 is 1. The minimum absolute atomic E-state index is 0.226. The van der Waals surface area contributed by atoms with Crippen molar-refractivity contribution >= 4 is 23.5 Å². The van der Waals surface area contributed by atoms with Gasteiger partial charge in [0, 0.05) is 12.6 Å². The molecule has 0 saturated carbocycles. The van der Waals surface area contributed by atoms with Crippen LogP contribution in [0.25, 0.3) is 11.3 Å². The van der Waals surface area contributed by atoms with E-state index < -0.39 is 5.97 Å². The Morgan fingerprint density at radius 1 is 1.12 bits per heavy atom. The molecule has 0 unspecified atom stereocenters. The topological polar surface area (TPSA) is 68.1 Å². The quantitative estimate of drug-likeness (QED) is 0.197. The number of hydrogen-bond donors (Lipinski definition) is 1. The summed E-state index contributed by atoms with van der Waals surface area (Å²) >= 11 is 0. The number of hydrogen-bond acceptors (Lipinski definition) is 5. The van der Waals surface area contributed by atoms with E-state index in [-0.39, 0.29) is 11.3 Å². The first-order chi connectivity index (χ1) is 15.2. The molecule has 0 saturated heterocycles. The van der Waals surface area contributed by atoms with Crippen molar-refractivity contribution in [2.24, 2.45) is 4.99 Å². The summed E-state index contributed by atoms with van der Waals surface area (Å²) in [7, 11) is 2.96. The van der Waals surface area contributed by atoms with Crippen LogP contribution in [0.4, 0.5) is 0 Å². The van der Waals surface area contributed by atoms with Crippen LogP contribution in [0.15, 0.2) is 53.0 Å². The molecule has 0 amide bonds. The minimum atomic E-state index is -0.764. The van der Waals surface area contributed by atoms with E-state index in [0.29, 0.717) is 16.9 Å². The van der Waals surface area contributed by atoms with Gasteiger partial charge in [-0.15, -0.1) is 6.42 Å². The molecular weight excluding hydrogens is 402 g/mol. The SMILES string of the molecule is C#C/C(C(=O)OC)=C(/O)c1ccc(Oc2c(C)cccc2C)cc1/C(C)=C\C.CC=NC. The van der Waals surface area contributed by atoms with Crippen molar-refractivity contribution in [1.29, 1.82) is 0 Å². The Bertz CT molecular complexity index is 1060. The first kappa shape index (κ1) is 26.3. The van der Waals surface area contributed by atoms with Crippen LogP contribution in [-0.2, 0) is 9.53 Å². The van der Waals surface area contributed by atoms with E-state index in [1.165, 1.54) is 7.11 Å². The summed E-state index contributed by atoms with van der Waals surface area (Å²) in [5, 5.41) is 10.6. The van der Waals surface area contributed by atoms with Gasteiger partial charge in [-0.2, -0.15) is 0 Å². The summed E-state index contributed by atoms with van der Waals surface area (Å²) in [6, 6.07) is 11.2. The Labute approximate surface area is 191 Å². The molecule has 2 aromatic rings. The lowest BCUT2D eigenvalue weighted by Gasteiger charge is -2.16. The number of nitrogens with zero attached hydrogens (tertiary/aromatic N) is 1. The lowest BCUT2D eigenvalue weighted by Crippen LogP contribution is -2.07. The Morgan fingerprint density at radius 2 is 1.72 bits per heavy atom. The fraction of sp³-hybridized carbons (Fsp3) is 0.259. The Hall–Kier alpha value is -3.78. The number of carbonyl (C=O) groups excluding carboxylic acids is 1. The summed E-state index contributed by atoms with van der Waals surface area (Å²) < 4.78 is 10.8. The van der Waals surface area contributed by atoms with Gasteiger partial charge in [-0.1, -0.05) is 30.2 Å². The smallest absolute Gasteiger partial charge is 0.350 e. The first-order valence-electron chi connectivity index (χ1n) is 10.1. The number of ether oxygens (including phenoxy) is 2. The zero-order chi connectivity index (χ0) is 24.3. The highest BCUT2D eigenvalue weighted by molar-refractivity contribution is 6.01. The molecule has 1 N–H and O–H groups in total. The van der Waals surface area contributed by atoms with Gasteiger partial charge in [-0.3, -0.25) is 0 Å². The van der Waals surface area contributed by atoms with E-state index in [2.05, 4.69) is 15.6 Å². The van der Waals surface area contributed by atoms with Crippen LogP contribution in [0.5, 0.6) is 11.5 Å². The molecule has 0 aliphatic carbocycles. The van der Waals surface area contributed by atoms with Crippen molar-refractivity contribution in [3.05, 3.63) is 70.3 Å². The number of rotatable bonds is 5. The van der Waals surface area contributed by atoms with E-state index in [9.17, 15) is 9.90 Å². The van der Waals surface area contributed by atoms with Crippen LogP contribution < -0.4 is 4.74 Å². The molecule has 32 heavy (non-hydrogen) atoms. The zero-order valence-corrected chi connectivity index (χ0v) is 19.8. The number of aliphatic imine (C=N–C) groups is 1. The van der Waals surface area contributed by atoms with Gasteiger partial charge in [0.25, 0.3) is 0 Å². The highest BCUT2D eigenvalue weighted by Crippen LogP contribution is 2.34. The van der Waals surface area contributed by atoms with E-state index in [1.807, 2.05) is 65.0 Å². The van der Waals surface area contributed by atoms with Crippen molar-refractivity contribution in [3.63, 3.8) is 0 Å². The molecule has 0 aromatic heterocycles. The third kappa shape index (κ3) is 6.61. The largest absolute Gasteiger partial charge is 0.506 e. The second-order valence-corrected chi connectivity index (χ2v) is 6.88. The summed E-state index contributed by atoms with van der Waals surface area (Å²) in [5.74, 6) is 2.55. The highest BCUT2D eigenvalue weighted by atomic mass is 16.5. The number of aliphatic hydroxyl groups excluding tert-OH is 1. The Morgan fingerprint density at radius 3 is 2.19 bits per heavy atom.